The van der Waals surface area contributed by atoms with Gasteiger partial charge in [0.05, 0.1) is 6.21 Å². The van der Waals surface area contributed by atoms with Crippen molar-refractivity contribution in [1.29, 1.82) is 0 Å². The molecule has 0 aromatic heterocycles. The fourth-order valence-electron chi connectivity index (χ4n) is 1.61. The van der Waals surface area contributed by atoms with E-state index in [9.17, 15) is 4.79 Å². The van der Waals surface area contributed by atoms with Crippen LogP contribution in [0.4, 0.5) is 0 Å². The van der Waals surface area contributed by atoms with E-state index in [1.807, 2.05) is 36.4 Å². The summed E-state index contributed by atoms with van der Waals surface area (Å²) >= 11 is 13.3. The second-order valence-corrected chi connectivity index (χ2v) is 6.44. The van der Waals surface area contributed by atoms with Gasteiger partial charge in [-0.25, -0.2) is 5.43 Å². The van der Waals surface area contributed by atoms with Crippen molar-refractivity contribution < 1.29 is 4.79 Å². The molecule has 2 rings (SSSR count). The molecule has 0 bridgehead atoms. The van der Waals surface area contributed by atoms with Crippen molar-refractivity contribution in [3.63, 3.8) is 0 Å². The molecular weight excluding hydrogens is 339 g/mol. The first-order valence-corrected chi connectivity index (χ1v) is 8.33. The highest BCUT2D eigenvalue weighted by molar-refractivity contribution is 7.99. The maximum Gasteiger partial charge on any atom is 0.240 e. The van der Waals surface area contributed by atoms with Crippen LogP contribution in [0, 0.1) is 0 Å². The third-order valence-corrected chi connectivity index (χ3v) is 4.16. The average Bonchev–Trinajstić information content (AvgIpc) is 2.49. The number of hydrazone groups is 1. The van der Waals surface area contributed by atoms with Gasteiger partial charge in [-0.05, 0) is 42.0 Å². The minimum absolute atomic E-state index is 0.125. The quantitative estimate of drug-likeness (QED) is 0.468. The lowest BCUT2D eigenvalue weighted by Gasteiger charge is -2.01. The number of benzene rings is 2. The molecule has 114 valence electrons. The molecule has 2 aromatic rings. The van der Waals surface area contributed by atoms with E-state index in [-0.39, 0.29) is 5.91 Å². The number of carbonyl (C=O) groups excluding carboxylic acids is 1. The molecule has 6 heteroatoms. The second kappa shape index (κ2) is 8.83. The van der Waals surface area contributed by atoms with Crippen molar-refractivity contribution in [3.8, 4) is 0 Å². The summed E-state index contributed by atoms with van der Waals surface area (Å²) in [5.74, 6) is 0.555. The lowest BCUT2D eigenvalue weighted by Crippen LogP contribution is -2.17. The van der Waals surface area contributed by atoms with Crippen molar-refractivity contribution in [2.75, 3.05) is 5.75 Å². The summed E-state index contributed by atoms with van der Waals surface area (Å²) in [7, 11) is 0. The molecule has 0 saturated heterocycles. The Morgan fingerprint density at radius 2 is 1.91 bits per heavy atom. The van der Waals surface area contributed by atoms with Crippen molar-refractivity contribution in [3.05, 3.63) is 64.1 Å². The Labute approximate surface area is 143 Å². The van der Waals surface area contributed by atoms with Gasteiger partial charge in [0.15, 0.2) is 0 Å². The minimum atomic E-state index is -0.125. The molecule has 3 nitrogen and oxygen atoms in total. The molecule has 0 aliphatic carbocycles. The fraction of sp³-hybridized carbons (Fsp3) is 0.125. The molecule has 0 heterocycles. The van der Waals surface area contributed by atoms with E-state index in [4.69, 9.17) is 23.2 Å². The number of hydrogen-bond acceptors (Lipinski definition) is 3. The molecule has 1 amide bonds. The van der Waals surface area contributed by atoms with Crippen LogP contribution in [0.5, 0.6) is 0 Å². The highest BCUT2D eigenvalue weighted by Gasteiger charge is 2.01. The number of rotatable bonds is 6. The molecule has 0 spiro atoms. The summed E-state index contributed by atoms with van der Waals surface area (Å²) in [6.45, 7) is 0. The molecule has 2 aromatic carbocycles. The van der Waals surface area contributed by atoms with E-state index >= 15 is 0 Å². The van der Waals surface area contributed by atoms with Crippen LogP contribution in [0.1, 0.15) is 12.0 Å². The van der Waals surface area contributed by atoms with Gasteiger partial charge in [-0.3, -0.25) is 4.79 Å². The van der Waals surface area contributed by atoms with E-state index < -0.39 is 0 Å². The molecule has 0 aliphatic rings. The molecule has 0 atom stereocenters. The predicted octanol–water partition coefficient (Wildman–Crippen LogP) is 4.63. The maximum atomic E-state index is 11.7. The monoisotopic (exact) mass is 352 g/mol. The Balaban J connectivity index is 1.70. The van der Waals surface area contributed by atoms with Gasteiger partial charge in [-0.15, -0.1) is 11.8 Å². The summed E-state index contributed by atoms with van der Waals surface area (Å²) in [6.07, 6.45) is 1.95. The van der Waals surface area contributed by atoms with Crippen LogP contribution in [0.2, 0.25) is 10.0 Å². The molecule has 22 heavy (non-hydrogen) atoms. The molecular formula is C16H14Cl2N2OS. The number of thioether (sulfide) groups is 1. The SMILES string of the molecule is O=C(CCSc1ccc(Cl)cc1)N/N=C\c1cccc(Cl)c1. The van der Waals surface area contributed by atoms with Crippen LogP contribution < -0.4 is 5.43 Å². The normalized spacial score (nSPS) is 10.8. The fourth-order valence-corrected chi connectivity index (χ4v) is 2.79. The molecule has 1 N–H and O–H groups in total. The third-order valence-electron chi connectivity index (χ3n) is 2.66. The summed E-state index contributed by atoms with van der Waals surface area (Å²) in [4.78, 5) is 12.7. The first kappa shape index (κ1) is 16.9. The Morgan fingerprint density at radius 3 is 2.64 bits per heavy atom. The van der Waals surface area contributed by atoms with Crippen LogP contribution >= 0.6 is 35.0 Å². The van der Waals surface area contributed by atoms with Crippen molar-refractivity contribution in [2.45, 2.75) is 11.3 Å². The average molecular weight is 353 g/mol. The van der Waals surface area contributed by atoms with Gasteiger partial charge in [-0.2, -0.15) is 5.10 Å². The van der Waals surface area contributed by atoms with Crippen LogP contribution in [0.25, 0.3) is 0 Å². The number of amides is 1. The third kappa shape index (κ3) is 6.10. The molecule has 0 saturated carbocycles. The number of halogens is 2. The van der Waals surface area contributed by atoms with Gasteiger partial charge in [-0.1, -0.05) is 35.3 Å². The van der Waals surface area contributed by atoms with Crippen LogP contribution in [-0.2, 0) is 4.79 Å². The Morgan fingerprint density at radius 1 is 1.14 bits per heavy atom. The zero-order valence-corrected chi connectivity index (χ0v) is 14.0. The summed E-state index contributed by atoms with van der Waals surface area (Å²) in [5.41, 5.74) is 3.34. The van der Waals surface area contributed by atoms with Gasteiger partial charge in [0.1, 0.15) is 0 Å². The van der Waals surface area contributed by atoms with Crippen LogP contribution in [-0.4, -0.2) is 17.9 Å². The van der Waals surface area contributed by atoms with Crippen molar-refractivity contribution >= 4 is 47.1 Å². The summed E-state index contributed by atoms with van der Waals surface area (Å²) < 4.78 is 0. The second-order valence-electron chi connectivity index (χ2n) is 4.40. The smallest absolute Gasteiger partial charge is 0.240 e. The molecule has 0 fully saturated rings. The van der Waals surface area contributed by atoms with E-state index in [1.165, 1.54) is 0 Å². The Hall–Kier alpha value is -1.49. The van der Waals surface area contributed by atoms with E-state index in [0.29, 0.717) is 22.2 Å². The zero-order chi connectivity index (χ0) is 15.8. The highest BCUT2D eigenvalue weighted by atomic mass is 35.5. The summed E-state index contributed by atoms with van der Waals surface area (Å²) in [5, 5.41) is 5.25. The maximum absolute atomic E-state index is 11.7. The summed E-state index contributed by atoms with van der Waals surface area (Å²) in [6, 6.07) is 14.8. The largest absolute Gasteiger partial charge is 0.273 e. The van der Waals surface area contributed by atoms with Crippen molar-refractivity contribution in [2.24, 2.45) is 5.10 Å². The van der Waals surface area contributed by atoms with Crippen molar-refractivity contribution in [1.82, 2.24) is 5.43 Å². The van der Waals surface area contributed by atoms with Gasteiger partial charge >= 0.3 is 0 Å². The van der Waals surface area contributed by atoms with Gasteiger partial charge in [0, 0.05) is 27.1 Å². The number of carbonyl (C=O) groups is 1. The van der Waals surface area contributed by atoms with E-state index in [2.05, 4.69) is 10.5 Å². The van der Waals surface area contributed by atoms with E-state index in [1.54, 1.807) is 30.1 Å². The highest BCUT2D eigenvalue weighted by Crippen LogP contribution is 2.20. The zero-order valence-electron chi connectivity index (χ0n) is 11.6. The van der Waals surface area contributed by atoms with Crippen LogP contribution in [0.15, 0.2) is 58.5 Å². The lowest BCUT2D eigenvalue weighted by atomic mass is 10.2. The van der Waals surface area contributed by atoms with Gasteiger partial charge < -0.3 is 0 Å². The molecule has 0 aliphatic heterocycles. The van der Waals surface area contributed by atoms with Crippen LogP contribution in [0.3, 0.4) is 0 Å². The molecule has 0 unspecified atom stereocenters. The van der Waals surface area contributed by atoms with Gasteiger partial charge in [0.25, 0.3) is 0 Å². The standard InChI is InChI=1S/C16H14Cl2N2OS/c17-13-4-6-15(7-5-13)22-9-8-16(21)20-19-11-12-2-1-3-14(18)10-12/h1-7,10-11H,8-9H2,(H,20,21)/b19-11-. The lowest BCUT2D eigenvalue weighted by molar-refractivity contribution is -0.120. The minimum Gasteiger partial charge on any atom is -0.273 e. The first-order chi connectivity index (χ1) is 10.6. The first-order valence-electron chi connectivity index (χ1n) is 6.59. The molecule has 0 radical (unpaired) electrons. The number of nitrogens with one attached hydrogen (secondary N) is 1. The number of nitrogens with zero attached hydrogens (tertiary/aromatic N) is 1. The van der Waals surface area contributed by atoms with Gasteiger partial charge in [0.2, 0.25) is 5.91 Å². The topological polar surface area (TPSA) is 41.5 Å². The Bertz CT molecular complexity index is 659. The number of hydrogen-bond donors (Lipinski definition) is 1. The predicted molar refractivity (Wildman–Crippen MR) is 94.0 cm³/mol. The Kier molecular flexibility index (Phi) is 6.77. The van der Waals surface area contributed by atoms with E-state index in [0.717, 1.165) is 10.5 Å².